The van der Waals surface area contributed by atoms with E-state index in [0.717, 1.165) is 18.7 Å². The van der Waals surface area contributed by atoms with E-state index in [1.54, 1.807) is 6.07 Å². The monoisotopic (exact) mass is 288 g/mol. The number of hydrogen-bond acceptors (Lipinski definition) is 2. The first-order chi connectivity index (χ1) is 10.3. The van der Waals surface area contributed by atoms with Gasteiger partial charge in [-0.15, -0.1) is 0 Å². The lowest BCUT2D eigenvalue weighted by molar-refractivity contribution is 0.0652. The summed E-state index contributed by atoms with van der Waals surface area (Å²) < 4.78 is 14.4. The minimum atomic E-state index is -0.0140. The van der Waals surface area contributed by atoms with E-state index in [-0.39, 0.29) is 5.82 Å². The van der Waals surface area contributed by atoms with Gasteiger partial charge in [-0.2, -0.15) is 0 Å². The molecule has 0 saturated carbocycles. The van der Waals surface area contributed by atoms with E-state index in [1.165, 1.54) is 45.2 Å². The molecule has 21 heavy (non-hydrogen) atoms. The molecule has 0 radical (unpaired) electrons. The summed E-state index contributed by atoms with van der Waals surface area (Å²) in [5.74, 6) is 0.320. The largest absolute Gasteiger partial charge is 0.316 e. The Morgan fingerprint density at radius 3 is 2.95 bits per heavy atom. The van der Waals surface area contributed by atoms with Gasteiger partial charge in [0.2, 0.25) is 0 Å². The first-order valence-electron chi connectivity index (χ1n) is 8.50. The molecular formula is C18H25FN2. The van der Waals surface area contributed by atoms with Crippen LogP contribution in [0.2, 0.25) is 0 Å². The molecule has 1 spiro atoms. The highest BCUT2D eigenvalue weighted by molar-refractivity contribution is 5.28. The van der Waals surface area contributed by atoms with Crippen molar-refractivity contribution < 1.29 is 4.39 Å². The fourth-order valence-corrected chi connectivity index (χ4v) is 5.25. The van der Waals surface area contributed by atoms with Crippen molar-refractivity contribution >= 4 is 0 Å². The number of halogens is 1. The molecule has 114 valence electrons. The van der Waals surface area contributed by atoms with Gasteiger partial charge in [0.25, 0.3) is 0 Å². The van der Waals surface area contributed by atoms with Crippen molar-refractivity contribution in [3.8, 4) is 0 Å². The average Bonchev–Trinajstić information content (AvgIpc) is 2.89. The number of nitrogens with one attached hydrogen (secondary N) is 1. The molecule has 3 saturated heterocycles. The summed E-state index contributed by atoms with van der Waals surface area (Å²) in [4.78, 5) is 2.70. The normalized spacial score (nSPS) is 36.8. The van der Waals surface area contributed by atoms with Crippen molar-refractivity contribution in [3.63, 3.8) is 0 Å². The standard InChI is InChI=1S/C18H25FN2/c19-16-6-2-1-5-14(16)15-13-20-10-8-18(15)9-12-21-11-4-3-7-17(18)21/h1-2,5-6,15,17,20H,3-4,7-13H2. The molecule has 3 unspecified atom stereocenters. The zero-order valence-electron chi connectivity index (χ0n) is 12.7. The first kappa shape index (κ1) is 13.7. The van der Waals surface area contributed by atoms with Gasteiger partial charge < -0.3 is 5.32 Å². The molecule has 0 aliphatic carbocycles. The molecule has 1 aromatic rings. The number of nitrogens with zero attached hydrogens (tertiary/aromatic N) is 1. The lowest BCUT2D eigenvalue weighted by atomic mass is 9.62. The highest BCUT2D eigenvalue weighted by atomic mass is 19.1. The van der Waals surface area contributed by atoms with Crippen LogP contribution in [-0.2, 0) is 0 Å². The van der Waals surface area contributed by atoms with Crippen molar-refractivity contribution in [1.29, 1.82) is 0 Å². The van der Waals surface area contributed by atoms with Gasteiger partial charge in [0.15, 0.2) is 0 Å². The third kappa shape index (κ3) is 2.13. The van der Waals surface area contributed by atoms with E-state index in [9.17, 15) is 4.39 Å². The zero-order chi connectivity index (χ0) is 14.3. The highest BCUT2D eigenvalue weighted by Crippen LogP contribution is 2.54. The van der Waals surface area contributed by atoms with Crippen LogP contribution in [0.4, 0.5) is 4.39 Å². The molecule has 3 heteroatoms. The van der Waals surface area contributed by atoms with Crippen LogP contribution in [0.25, 0.3) is 0 Å². The third-order valence-electron chi connectivity index (χ3n) is 6.23. The van der Waals surface area contributed by atoms with Gasteiger partial charge in [0.1, 0.15) is 5.82 Å². The molecule has 3 heterocycles. The van der Waals surface area contributed by atoms with Crippen molar-refractivity contribution in [2.75, 3.05) is 26.2 Å². The molecule has 3 fully saturated rings. The van der Waals surface area contributed by atoms with Gasteiger partial charge in [-0.05, 0) is 62.4 Å². The number of fused-ring (bicyclic) bond motifs is 2. The molecule has 0 bridgehead atoms. The van der Waals surface area contributed by atoms with Crippen LogP contribution in [0, 0.1) is 11.2 Å². The number of rotatable bonds is 1. The van der Waals surface area contributed by atoms with Crippen LogP contribution in [0.1, 0.15) is 43.6 Å². The average molecular weight is 288 g/mol. The van der Waals surface area contributed by atoms with Gasteiger partial charge in [0.05, 0.1) is 0 Å². The van der Waals surface area contributed by atoms with Crippen LogP contribution in [0.3, 0.4) is 0 Å². The van der Waals surface area contributed by atoms with Gasteiger partial charge in [-0.1, -0.05) is 24.6 Å². The Labute approximate surface area is 126 Å². The maximum atomic E-state index is 14.4. The van der Waals surface area contributed by atoms with E-state index in [1.807, 2.05) is 18.2 Å². The second-order valence-corrected chi connectivity index (χ2v) is 7.06. The lowest BCUT2D eigenvalue weighted by Gasteiger charge is -2.48. The summed E-state index contributed by atoms with van der Waals surface area (Å²) in [5.41, 5.74) is 1.24. The smallest absolute Gasteiger partial charge is 0.126 e. The van der Waals surface area contributed by atoms with E-state index in [4.69, 9.17) is 0 Å². The van der Waals surface area contributed by atoms with Gasteiger partial charge in [0, 0.05) is 18.5 Å². The van der Waals surface area contributed by atoms with Gasteiger partial charge in [-0.3, -0.25) is 4.90 Å². The second-order valence-electron chi connectivity index (χ2n) is 7.06. The van der Waals surface area contributed by atoms with Crippen LogP contribution < -0.4 is 5.32 Å². The Balaban J connectivity index is 1.73. The van der Waals surface area contributed by atoms with Gasteiger partial charge >= 0.3 is 0 Å². The van der Waals surface area contributed by atoms with E-state index >= 15 is 0 Å². The maximum Gasteiger partial charge on any atom is 0.126 e. The summed E-state index contributed by atoms with van der Waals surface area (Å²) >= 11 is 0. The predicted octanol–water partition coefficient (Wildman–Crippen LogP) is 3.15. The maximum absolute atomic E-state index is 14.4. The predicted molar refractivity (Wildman–Crippen MR) is 82.9 cm³/mol. The fraction of sp³-hybridized carbons (Fsp3) is 0.667. The van der Waals surface area contributed by atoms with Crippen LogP contribution in [0.15, 0.2) is 24.3 Å². The molecule has 0 aromatic heterocycles. The number of benzene rings is 1. The molecule has 3 atom stereocenters. The number of hydrogen-bond donors (Lipinski definition) is 1. The van der Waals surface area contributed by atoms with Crippen LogP contribution >= 0.6 is 0 Å². The van der Waals surface area contributed by atoms with Crippen molar-refractivity contribution in [2.24, 2.45) is 5.41 Å². The highest BCUT2D eigenvalue weighted by Gasteiger charge is 2.53. The van der Waals surface area contributed by atoms with E-state index in [0.29, 0.717) is 17.4 Å². The fourth-order valence-electron chi connectivity index (χ4n) is 5.25. The minimum absolute atomic E-state index is 0.0140. The lowest BCUT2D eigenvalue weighted by Crippen LogP contribution is -2.52. The minimum Gasteiger partial charge on any atom is -0.316 e. The first-order valence-corrected chi connectivity index (χ1v) is 8.50. The van der Waals surface area contributed by atoms with Crippen LogP contribution in [0.5, 0.6) is 0 Å². The Morgan fingerprint density at radius 2 is 2.05 bits per heavy atom. The molecule has 1 aromatic carbocycles. The van der Waals surface area contributed by atoms with Crippen molar-refractivity contribution in [1.82, 2.24) is 10.2 Å². The van der Waals surface area contributed by atoms with Gasteiger partial charge in [-0.25, -0.2) is 4.39 Å². The van der Waals surface area contributed by atoms with Crippen molar-refractivity contribution in [3.05, 3.63) is 35.6 Å². The molecule has 1 N–H and O–H groups in total. The molecule has 4 rings (SSSR count). The SMILES string of the molecule is Fc1ccccc1C1CNCCC12CCN1CCCCC12. The summed E-state index contributed by atoms with van der Waals surface area (Å²) in [6.07, 6.45) is 6.45. The van der Waals surface area contributed by atoms with Crippen molar-refractivity contribution in [2.45, 2.75) is 44.1 Å². The molecule has 3 aliphatic heterocycles. The topological polar surface area (TPSA) is 15.3 Å². The Kier molecular flexibility index (Phi) is 3.50. The second kappa shape index (κ2) is 5.36. The zero-order valence-corrected chi connectivity index (χ0v) is 12.7. The quantitative estimate of drug-likeness (QED) is 0.854. The molecule has 3 aliphatic rings. The molecular weight excluding hydrogens is 263 g/mol. The van der Waals surface area contributed by atoms with E-state index in [2.05, 4.69) is 10.2 Å². The Morgan fingerprint density at radius 1 is 1.14 bits per heavy atom. The Bertz CT molecular complexity index is 518. The van der Waals surface area contributed by atoms with E-state index < -0.39 is 0 Å². The summed E-state index contributed by atoms with van der Waals surface area (Å²) in [5, 5.41) is 3.52. The van der Waals surface area contributed by atoms with Crippen LogP contribution in [-0.4, -0.2) is 37.1 Å². The third-order valence-corrected chi connectivity index (χ3v) is 6.23. The Hall–Kier alpha value is -0.930. The number of piperidine rings is 2. The summed E-state index contributed by atoms with van der Waals surface area (Å²) in [6.45, 7) is 4.50. The molecule has 2 nitrogen and oxygen atoms in total. The summed E-state index contributed by atoms with van der Waals surface area (Å²) in [7, 11) is 0. The summed E-state index contributed by atoms with van der Waals surface area (Å²) in [6, 6.07) is 8.13. The molecule has 0 amide bonds.